The zero-order chi connectivity index (χ0) is 19.2. The molecule has 0 radical (unpaired) electrons. The number of para-hydroxylation sites is 1. The van der Waals surface area contributed by atoms with Gasteiger partial charge >= 0.3 is 12.0 Å². The van der Waals surface area contributed by atoms with Crippen molar-refractivity contribution in [2.75, 3.05) is 18.4 Å². The summed E-state index contributed by atoms with van der Waals surface area (Å²) in [6.45, 7) is 4.81. The van der Waals surface area contributed by atoms with Crippen molar-refractivity contribution in [3.63, 3.8) is 0 Å². The van der Waals surface area contributed by atoms with Gasteiger partial charge in [-0.1, -0.05) is 37.2 Å². The van der Waals surface area contributed by atoms with E-state index in [2.05, 4.69) is 15.5 Å². The molecule has 1 saturated heterocycles. The van der Waals surface area contributed by atoms with Crippen LogP contribution < -0.4 is 5.32 Å². The highest BCUT2D eigenvalue weighted by Crippen LogP contribution is 2.20. The number of rotatable bonds is 5. The largest absolute Gasteiger partial charge is 0.455 e. The summed E-state index contributed by atoms with van der Waals surface area (Å²) in [6.07, 6.45) is 1.44. The van der Waals surface area contributed by atoms with Crippen molar-refractivity contribution in [3.05, 3.63) is 42.0 Å². The summed E-state index contributed by atoms with van der Waals surface area (Å²) in [5.74, 6) is 0.307. The summed E-state index contributed by atoms with van der Waals surface area (Å²) in [7, 11) is 0. The number of carbonyl (C=O) groups is 2. The molecular weight excluding hydrogens is 348 g/mol. The first-order chi connectivity index (χ1) is 13.0. The van der Waals surface area contributed by atoms with Gasteiger partial charge in [0.25, 0.3) is 5.89 Å². The van der Waals surface area contributed by atoms with E-state index in [-0.39, 0.29) is 36.3 Å². The van der Waals surface area contributed by atoms with E-state index in [0.29, 0.717) is 25.3 Å². The molecule has 8 nitrogen and oxygen atoms in total. The Morgan fingerprint density at radius 1 is 1.33 bits per heavy atom. The Morgan fingerprint density at radius 3 is 2.81 bits per heavy atom. The summed E-state index contributed by atoms with van der Waals surface area (Å²) in [5.41, 5.74) is 0.726. The fourth-order valence-electron chi connectivity index (χ4n) is 2.89. The van der Waals surface area contributed by atoms with Gasteiger partial charge in [0.2, 0.25) is 0 Å². The minimum absolute atomic E-state index is 0.0503. The molecule has 1 atom stereocenters. The van der Waals surface area contributed by atoms with E-state index >= 15 is 0 Å². The first kappa shape index (κ1) is 18.9. The summed E-state index contributed by atoms with van der Waals surface area (Å²) in [5, 5.41) is 6.69. The third kappa shape index (κ3) is 5.06. The molecular formula is C19H24N4O4. The highest BCUT2D eigenvalue weighted by molar-refractivity contribution is 5.89. The fourth-order valence-corrected chi connectivity index (χ4v) is 2.89. The highest BCUT2D eigenvalue weighted by Gasteiger charge is 2.30. The molecule has 3 rings (SSSR count). The number of likely N-dealkylation sites (tertiary alicyclic amines) is 1. The molecule has 1 aliphatic heterocycles. The van der Waals surface area contributed by atoms with Crippen LogP contribution in [0.5, 0.6) is 0 Å². The standard InChI is InChI=1S/C19H24N4O4/c1-13(2)17-21-16(27-22-17)12-26-18(24)14-7-6-10-23(11-14)19(25)20-15-8-4-3-5-9-15/h3-5,8-9,13-14H,6-7,10-12H2,1-2H3,(H,20,25). The molecule has 1 unspecified atom stereocenters. The summed E-state index contributed by atoms with van der Waals surface area (Å²) in [6, 6.07) is 9.03. The molecule has 27 heavy (non-hydrogen) atoms. The van der Waals surface area contributed by atoms with Crippen LogP contribution in [0.4, 0.5) is 10.5 Å². The number of hydrogen-bond acceptors (Lipinski definition) is 6. The van der Waals surface area contributed by atoms with Crippen LogP contribution >= 0.6 is 0 Å². The zero-order valence-corrected chi connectivity index (χ0v) is 15.6. The van der Waals surface area contributed by atoms with Crippen LogP contribution in [0.25, 0.3) is 0 Å². The van der Waals surface area contributed by atoms with Gasteiger partial charge in [0.05, 0.1) is 5.92 Å². The van der Waals surface area contributed by atoms with Gasteiger partial charge in [0.1, 0.15) is 0 Å². The average molecular weight is 372 g/mol. The third-order valence-corrected chi connectivity index (χ3v) is 4.41. The molecule has 1 fully saturated rings. The molecule has 1 aromatic heterocycles. The van der Waals surface area contributed by atoms with Crippen LogP contribution in [0.1, 0.15) is 44.3 Å². The van der Waals surface area contributed by atoms with Crippen molar-refractivity contribution in [2.24, 2.45) is 5.92 Å². The van der Waals surface area contributed by atoms with Gasteiger partial charge in [-0.15, -0.1) is 0 Å². The number of anilines is 1. The maximum absolute atomic E-state index is 12.4. The van der Waals surface area contributed by atoms with Crippen LogP contribution in [0.15, 0.2) is 34.9 Å². The van der Waals surface area contributed by atoms with Crippen LogP contribution in [0, 0.1) is 5.92 Å². The second-order valence-electron chi connectivity index (χ2n) is 6.89. The Bertz CT molecular complexity index is 775. The minimum atomic E-state index is -0.354. The van der Waals surface area contributed by atoms with Crippen LogP contribution in [0.2, 0.25) is 0 Å². The molecule has 2 aromatic rings. The van der Waals surface area contributed by atoms with Crippen molar-refractivity contribution < 1.29 is 18.8 Å². The Hall–Kier alpha value is -2.90. The van der Waals surface area contributed by atoms with Crippen LogP contribution in [-0.2, 0) is 16.1 Å². The number of amides is 2. The van der Waals surface area contributed by atoms with Crippen molar-refractivity contribution in [1.82, 2.24) is 15.0 Å². The molecule has 0 saturated carbocycles. The van der Waals surface area contributed by atoms with Gasteiger partial charge in [-0.2, -0.15) is 4.98 Å². The third-order valence-electron chi connectivity index (χ3n) is 4.41. The topological polar surface area (TPSA) is 97.6 Å². The van der Waals surface area contributed by atoms with Gasteiger partial charge in [-0.25, -0.2) is 4.79 Å². The Balaban J connectivity index is 1.50. The number of ether oxygens (including phenoxy) is 1. The molecule has 0 aliphatic carbocycles. The van der Waals surface area contributed by atoms with Crippen molar-refractivity contribution >= 4 is 17.7 Å². The molecule has 0 bridgehead atoms. The van der Waals surface area contributed by atoms with E-state index in [9.17, 15) is 9.59 Å². The SMILES string of the molecule is CC(C)c1noc(COC(=O)C2CCCN(C(=O)Nc3ccccc3)C2)n1. The highest BCUT2D eigenvalue weighted by atomic mass is 16.6. The van der Waals surface area contributed by atoms with Crippen molar-refractivity contribution in [3.8, 4) is 0 Å². The number of nitrogens with one attached hydrogen (secondary N) is 1. The second kappa shape index (κ2) is 8.66. The van der Waals surface area contributed by atoms with Gasteiger partial charge in [0, 0.05) is 24.7 Å². The molecule has 2 amide bonds. The van der Waals surface area contributed by atoms with E-state index in [1.54, 1.807) is 4.90 Å². The number of nitrogens with zero attached hydrogens (tertiary/aromatic N) is 3. The summed E-state index contributed by atoms with van der Waals surface area (Å²) >= 11 is 0. The summed E-state index contributed by atoms with van der Waals surface area (Å²) in [4.78, 5) is 30.6. The number of carbonyl (C=O) groups excluding carboxylic acids is 2. The maximum Gasteiger partial charge on any atom is 0.321 e. The van der Waals surface area contributed by atoms with Gasteiger partial charge < -0.3 is 19.5 Å². The van der Waals surface area contributed by atoms with Crippen molar-refractivity contribution in [2.45, 2.75) is 39.2 Å². The van der Waals surface area contributed by atoms with E-state index in [0.717, 1.165) is 12.1 Å². The van der Waals surface area contributed by atoms with E-state index in [1.807, 2.05) is 44.2 Å². The summed E-state index contributed by atoms with van der Waals surface area (Å²) < 4.78 is 10.4. The monoisotopic (exact) mass is 372 g/mol. The van der Waals surface area contributed by atoms with Crippen LogP contribution in [-0.4, -0.2) is 40.1 Å². The molecule has 8 heteroatoms. The normalized spacial score (nSPS) is 17.0. The smallest absolute Gasteiger partial charge is 0.321 e. The lowest BCUT2D eigenvalue weighted by atomic mass is 9.98. The number of hydrogen-bond donors (Lipinski definition) is 1. The first-order valence-corrected chi connectivity index (χ1v) is 9.13. The van der Waals surface area contributed by atoms with Gasteiger partial charge in [-0.3, -0.25) is 4.79 Å². The lowest BCUT2D eigenvalue weighted by Gasteiger charge is -2.31. The van der Waals surface area contributed by atoms with Crippen molar-refractivity contribution in [1.29, 1.82) is 0 Å². The molecule has 2 heterocycles. The number of esters is 1. The van der Waals surface area contributed by atoms with Gasteiger partial charge in [-0.05, 0) is 25.0 Å². The number of aromatic nitrogens is 2. The Labute approximate surface area is 157 Å². The molecule has 1 aromatic carbocycles. The number of piperidine rings is 1. The fraction of sp³-hybridized carbons (Fsp3) is 0.474. The lowest BCUT2D eigenvalue weighted by molar-refractivity contribution is -0.152. The first-order valence-electron chi connectivity index (χ1n) is 9.13. The quantitative estimate of drug-likeness (QED) is 0.810. The van der Waals surface area contributed by atoms with E-state index < -0.39 is 0 Å². The predicted octanol–water partition coefficient (Wildman–Crippen LogP) is 3.18. The van der Waals surface area contributed by atoms with E-state index in [4.69, 9.17) is 9.26 Å². The zero-order valence-electron chi connectivity index (χ0n) is 15.6. The van der Waals surface area contributed by atoms with E-state index in [1.165, 1.54) is 0 Å². The molecule has 1 N–H and O–H groups in total. The Kier molecular flexibility index (Phi) is 6.05. The molecule has 144 valence electrons. The van der Waals surface area contributed by atoms with Gasteiger partial charge in [0.15, 0.2) is 12.4 Å². The average Bonchev–Trinajstić information content (AvgIpc) is 3.16. The predicted molar refractivity (Wildman–Crippen MR) is 97.9 cm³/mol. The molecule has 0 spiro atoms. The second-order valence-corrected chi connectivity index (χ2v) is 6.89. The number of urea groups is 1. The maximum atomic E-state index is 12.4. The minimum Gasteiger partial charge on any atom is -0.455 e. The Morgan fingerprint density at radius 2 is 2.11 bits per heavy atom. The number of benzene rings is 1. The lowest BCUT2D eigenvalue weighted by Crippen LogP contribution is -2.44. The molecule has 1 aliphatic rings. The van der Waals surface area contributed by atoms with Crippen LogP contribution in [0.3, 0.4) is 0 Å².